The summed E-state index contributed by atoms with van der Waals surface area (Å²) in [5.41, 5.74) is 3.81. The largest absolute Gasteiger partial charge is 0.374 e. The Hall–Kier alpha value is -5.33. The van der Waals surface area contributed by atoms with Gasteiger partial charge in [-0.25, -0.2) is 14.4 Å². The van der Waals surface area contributed by atoms with Crippen molar-refractivity contribution in [1.82, 2.24) is 29.6 Å². The van der Waals surface area contributed by atoms with E-state index in [1.807, 2.05) is 34.9 Å². The molecule has 11 nitrogen and oxygen atoms in total. The van der Waals surface area contributed by atoms with Crippen molar-refractivity contribution in [2.24, 2.45) is 0 Å². The van der Waals surface area contributed by atoms with E-state index < -0.39 is 17.9 Å². The second-order valence-corrected chi connectivity index (χ2v) is 11.1. The highest BCUT2D eigenvalue weighted by Gasteiger charge is 2.32. The van der Waals surface area contributed by atoms with Gasteiger partial charge in [0, 0.05) is 42.1 Å². The van der Waals surface area contributed by atoms with Gasteiger partial charge in [0.05, 0.1) is 12.0 Å². The maximum absolute atomic E-state index is 15.9. The van der Waals surface area contributed by atoms with Gasteiger partial charge in [-0.05, 0) is 49.0 Å². The van der Waals surface area contributed by atoms with Gasteiger partial charge in [-0.3, -0.25) is 24.4 Å². The van der Waals surface area contributed by atoms with Crippen LogP contribution in [0.2, 0.25) is 0 Å². The molecule has 1 fully saturated rings. The average molecular weight is 590 g/mol. The van der Waals surface area contributed by atoms with Crippen molar-refractivity contribution in [2.75, 3.05) is 10.6 Å². The van der Waals surface area contributed by atoms with Crippen molar-refractivity contribution in [3.05, 3.63) is 90.5 Å². The number of hydrogen-bond donors (Lipinski definition) is 3. The molecular weight excluding hydrogens is 562 g/mol. The molecule has 0 saturated carbocycles. The molecule has 2 unspecified atom stereocenters. The first-order chi connectivity index (χ1) is 21.4. The monoisotopic (exact) mass is 590 g/mol. The molecule has 5 aromatic rings. The third-order valence-corrected chi connectivity index (χ3v) is 8.12. The average Bonchev–Trinajstić information content (AvgIpc) is 3.76. The summed E-state index contributed by atoms with van der Waals surface area (Å²) in [5.74, 6) is -1.01. The number of nitrogens with zero attached hydrogens (tertiary/aromatic N) is 5. The lowest BCUT2D eigenvalue weighted by molar-refractivity contribution is -0.133. The van der Waals surface area contributed by atoms with Gasteiger partial charge in [0.25, 0.3) is 5.91 Å². The molecule has 3 aromatic heterocycles. The van der Waals surface area contributed by atoms with E-state index in [1.165, 1.54) is 4.68 Å². The number of amides is 3. The zero-order chi connectivity index (χ0) is 30.2. The molecule has 220 valence electrons. The number of nitrogens with one attached hydrogen (secondary N) is 3. The van der Waals surface area contributed by atoms with E-state index in [9.17, 15) is 14.4 Å². The van der Waals surface area contributed by atoms with E-state index in [-0.39, 0.29) is 23.2 Å². The predicted molar refractivity (Wildman–Crippen MR) is 164 cm³/mol. The number of aryl methyl sites for hydroxylation is 1. The van der Waals surface area contributed by atoms with Crippen LogP contribution in [-0.2, 0) is 27.3 Å². The van der Waals surface area contributed by atoms with Gasteiger partial charge < -0.3 is 15.2 Å². The van der Waals surface area contributed by atoms with Gasteiger partial charge in [-0.2, -0.15) is 5.10 Å². The molecule has 0 radical (unpaired) electrons. The summed E-state index contributed by atoms with van der Waals surface area (Å²) >= 11 is 0. The van der Waals surface area contributed by atoms with E-state index in [4.69, 9.17) is 0 Å². The number of carbonyl (C=O) groups is 3. The highest BCUT2D eigenvalue weighted by atomic mass is 19.1. The van der Waals surface area contributed by atoms with E-state index in [2.05, 4.69) is 31.0 Å². The number of imide groups is 1. The summed E-state index contributed by atoms with van der Waals surface area (Å²) in [7, 11) is 0.325. The fourth-order valence-electron chi connectivity index (χ4n) is 5.89. The Balaban J connectivity index is 1.14. The third kappa shape index (κ3) is 5.32. The SMILES string of the molecule is O=C1CCC(Nc2ccc(Bc3ccc4cn(C(C(=O)Nc5ccccn5)c5ncn6c5CCC6)nc4c3F)cc2)C(=O)N1. The second kappa shape index (κ2) is 11.4. The molecule has 5 heterocycles. The minimum absolute atomic E-state index is 0.171. The summed E-state index contributed by atoms with van der Waals surface area (Å²) in [6, 6.07) is 14.8. The molecule has 2 aliphatic heterocycles. The number of benzene rings is 2. The molecule has 0 bridgehead atoms. The molecule has 3 N–H and O–H groups in total. The molecule has 0 aliphatic carbocycles. The van der Waals surface area contributed by atoms with Gasteiger partial charge in [0.2, 0.25) is 11.8 Å². The van der Waals surface area contributed by atoms with Gasteiger partial charge in [-0.1, -0.05) is 35.8 Å². The summed E-state index contributed by atoms with van der Waals surface area (Å²) in [6.45, 7) is 0.837. The summed E-state index contributed by atoms with van der Waals surface area (Å²) in [6.07, 6.45) is 7.50. The lowest BCUT2D eigenvalue weighted by atomic mass is 9.63. The highest BCUT2D eigenvalue weighted by Crippen LogP contribution is 2.28. The van der Waals surface area contributed by atoms with Gasteiger partial charge in [-0.15, -0.1) is 0 Å². The predicted octanol–water partition coefficient (Wildman–Crippen LogP) is 1.55. The van der Waals surface area contributed by atoms with Crippen molar-refractivity contribution in [1.29, 1.82) is 0 Å². The normalized spacial score (nSPS) is 16.8. The van der Waals surface area contributed by atoms with Crippen LogP contribution in [0, 0.1) is 5.82 Å². The maximum atomic E-state index is 15.9. The number of halogens is 1. The standard InChI is InChI=1S/C31H28BFN8O3/c33-26-21(32-19-7-9-20(10-8-19)36-22-12-13-25(42)38-30(22)43)11-6-18-16-41(39-27(18)26)29(28-23-4-3-15-40(23)17-35-28)31(44)37-24-5-1-2-14-34-24/h1-2,5-11,14,16-17,22,29,32,36H,3-4,12-13,15H2,(H,34,37,44)(H,38,42,43). The number of pyridine rings is 1. The van der Waals surface area contributed by atoms with Crippen molar-refractivity contribution in [2.45, 2.75) is 44.3 Å². The quantitative estimate of drug-likeness (QED) is 0.184. The van der Waals surface area contributed by atoms with Gasteiger partial charge in [0.1, 0.15) is 23.2 Å². The van der Waals surface area contributed by atoms with E-state index >= 15 is 4.39 Å². The van der Waals surface area contributed by atoms with Crippen molar-refractivity contribution in [3.63, 3.8) is 0 Å². The first kappa shape index (κ1) is 27.5. The van der Waals surface area contributed by atoms with E-state index in [1.54, 1.807) is 43.0 Å². The van der Waals surface area contributed by atoms with Crippen LogP contribution in [0.4, 0.5) is 15.9 Å². The van der Waals surface area contributed by atoms with Crippen LogP contribution in [0.25, 0.3) is 10.9 Å². The first-order valence-electron chi connectivity index (χ1n) is 14.5. The molecule has 0 spiro atoms. The molecular formula is C31H28BFN8O3. The van der Waals surface area contributed by atoms with Crippen LogP contribution in [0.3, 0.4) is 0 Å². The Labute approximate surface area is 252 Å². The van der Waals surface area contributed by atoms with Crippen LogP contribution >= 0.6 is 0 Å². The van der Waals surface area contributed by atoms with Crippen LogP contribution in [-0.4, -0.2) is 55.4 Å². The fourth-order valence-corrected chi connectivity index (χ4v) is 5.89. The van der Waals surface area contributed by atoms with E-state index in [0.29, 0.717) is 42.5 Å². The number of fused-ring (bicyclic) bond motifs is 2. The second-order valence-electron chi connectivity index (χ2n) is 11.1. The molecule has 2 atom stereocenters. The van der Waals surface area contributed by atoms with E-state index in [0.717, 1.165) is 36.2 Å². The smallest absolute Gasteiger partial charge is 0.256 e. The Kier molecular flexibility index (Phi) is 7.13. The Morgan fingerprint density at radius 1 is 1.07 bits per heavy atom. The number of carbonyl (C=O) groups excluding carboxylic acids is 3. The highest BCUT2D eigenvalue weighted by molar-refractivity contribution is 6.67. The number of hydrogen-bond acceptors (Lipinski definition) is 7. The molecule has 44 heavy (non-hydrogen) atoms. The number of imidazole rings is 1. The van der Waals surface area contributed by atoms with Crippen LogP contribution in [0.5, 0.6) is 0 Å². The molecule has 13 heteroatoms. The topological polar surface area (TPSA) is 136 Å². The van der Waals surface area contributed by atoms with Crippen molar-refractivity contribution in [3.8, 4) is 0 Å². The lowest BCUT2D eigenvalue weighted by Gasteiger charge is -2.22. The summed E-state index contributed by atoms with van der Waals surface area (Å²) in [5, 5.41) is 13.5. The Morgan fingerprint density at radius 3 is 2.73 bits per heavy atom. The number of anilines is 2. The summed E-state index contributed by atoms with van der Waals surface area (Å²) in [4.78, 5) is 45.9. The zero-order valence-electron chi connectivity index (χ0n) is 23.7. The first-order valence-corrected chi connectivity index (χ1v) is 14.5. The maximum Gasteiger partial charge on any atom is 0.256 e. The van der Waals surface area contributed by atoms with Gasteiger partial charge in [0.15, 0.2) is 13.3 Å². The number of piperidine rings is 1. The van der Waals surface area contributed by atoms with Crippen LogP contribution < -0.4 is 26.9 Å². The Bertz CT molecular complexity index is 1890. The molecule has 3 amide bonds. The minimum atomic E-state index is -0.911. The summed E-state index contributed by atoms with van der Waals surface area (Å²) < 4.78 is 19.5. The zero-order valence-corrected chi connectivity index (χ0v) is 23.7. The van der Waals surface area contributed by atoms with Crippen molar-refractivity contribution >= 4 is 58.3 Å². The number of aromatic nitrogens is 5. The Morgan fingerprint density at radius 2 is 1.93 bits per heavy atom. The van der Waals surface area contributed by atoms with Crippen molar-refractivity contribution < 1.29 is 18.8 Å². The van der Waals surface area contributed by atoms with Crippen LogP contribution in [0.1, 0.15) is 36.7 Å². The molecule has 2 aliphatic rings. The van der Waals surface area contributed by atoms with Crippen LogP contribution in [0.15, 0.2) is 73.3 Å². The fraction of sp³-hybridized carbons (Fsp3) is 0.226. The lowest BCUT2D eigenvalue weighted by Crippen LogP contribution is -2.47. The minimum Gasteiger partial charge on any atom is -0.374 e. The third-order valence-electron chi connectivity index (χ3n) is 8.12. The van der Waals surface area contributed by atoms with Gasteiger partial charge >= 0.3 is 0 Å². The number of rotatable bonds is 8. The molecule has 7 rings (SSSR count). The molecule has 2 aromatic carbocycles. The molecule has 1 saturated heterocycles.